The molecule has 6 heteroatoms. The van der Waals surface area contributed by atoms with Crippen LogP contribution in [0.2, 0.25) is 0 Å². The van der Waals surface area contributed by atoms with Crippen molar-refractivity contribution < 1.29 is 8.83 Å². The number of para-hydroxylation sites is 4. The Morgan fingerprint density at radius 2 is 0.697 bits per heavy atom. The predicted octanol–water partition coefficient (Wildman–Crippen LogP) is 14.9. The molecule has 0 bridgehead atoms. The zero-order valence-corrected chi connectivity index (χ0v) is 36.5. The van der Waals surface area contributed by atoms with Gasteiger partial charge in [-0.05, 0) is 101 Å². The maximum atomic E-state index is 7.09. The van der Waals surface area contributed by atoms with Crippen molar-refractivity contribution in [3.05, 3.63) is 237 Å². The topological polar surface area (TPSA) is 32.8 Å². The molecular weight excluding hydrogens is 824 g/mol. The van der Waals surface area contributed by atoms with Crippen molar-refractivity contribution in [2.45, 2.75) is 19.6 Å². The lowest BCUT2D eigenvalue weighted by atomic mass is 9.33. The van der Waals surface area contributed by atoms with Crippen molar-refractivity contribution in [3.63, 3.8) is 0 Å². The summed E-state index contributed by atoms with van der Waals surface area (Å²) in [5, 5.41) is 4.40. The Kier molecular flexibility index (Phi) is 8.13. The first-order chi connectivity index (χ1) is 32.8. The molecule has 0 atom stereocenters. The molecule has 0 amide bonds. The van der Waals surface area contributed by atoms with Crippen LogP contribution in [0.1, 0.15) is 0 Å². The second-order valence-corrected chi connectivity index (χ2v) is 20.3. The van der Waals surface area contributed by atoms with Crippen LogP contribution in [0.15, 0.2) is 265 Å². The summed E-state index contributed by atoms with van der Waals surface area (Å²) in [5.74, 6) is 0. The summed E-state index contributed by atoms with van der Waals surface area (Å²) in [5.41, 5.74) is 13.6. The van der Waals surface area contributed by atoms with Crippen LogP contribution in [0.3, 0.4) is 0 Å². The second kappa shape index (κ2) is 14.4. The normalized spacial score (nSPS) is 13.3. The van der Waals surface area contributed by atoms with Gasteiger partial charge in [-0.25, -0.2) is 0 Å². The minimum absolute atomic E-state index is 0.168. The molecule has 0 saturated heterocycles. The number of fused-ring (bicyclic) bond motifs is 12. The lowest BCUT2D eigenvalue weighted by Gasteiger charge is -2.47. The van der Waals surface area contributed by atoms with E-state index in [2.05, 4.69) is 246 Å². The van der Waals surface area contributed by atoms with Gasteiger partial charge in [-0.3, -0.25) is 0 Å². The lowest BCUT2D eigenvalue weighted by Crippen LogP contribution is -2.61. The third kappa shape index (κ3) is 5.19. The molecule has 310 valence electrons. The molecule has 66 heavy (non-hydrogen) atoms. The van der Waals surface area contributed by atoms with Gasteiger partial charge in [0.25, 0.3) is 6.71 Å². The summed E-state index contributed by atoms with van der Waals surface area (Å²) in [4.78, 5) is 10.00. The summed E-state index contributed by atoms with van der Waals surface area (Å²) >= 11 is 0. The Labute approximate surface area is 384 Å². The zero-order chi connectivity index (χ0) is 43.3. The van der Waals surface area contributed by atoms with E-state index >= 15 is 0 Å². The summed E-state index contributed by atoms with van der Waals surface area (Å²) < 4.78 is 14.2. The maximum Gasteiger partial charge on any atom is 0.252 e. The Morgan fingerprint density at radius 3 is 1.11 bits per heavy atom. The third-order valence-electron chi connectivity index (χ3n) is 13.7. The molecule has 2 aliphatic rings. The van der Waals surface area contributed by atoms with Crippen molar-refractivity contribution in [1.29, 1.82) is 0 Å². The first-order valence-electron chi connectivity index (χ1n) is 22.5. The minimum atomic E-state index is -2.16. The van der Waals surface area contributed by atoms with Gasteiger partial charge in [-0.15, -0.1) is 10.0 Å². The zero-order valence-electron chi connectivity index (χ0n) is 35.7. The van der Waals surface area contributed by atoms with Crippen LogP contribution in [-0.2, 0) is 0 Å². The molecule has 0 radical (unpaired) electrons. The molecule has 10 aromatic carbocycles. The molecule has 0 aliphatic carbocycles. The first-order valence-corrected chi connectivity index (χ1v) is 24.2. The Balaban J connectivity index is 1.21. The largest absolute Gasteiger partial charge is 0.454 e. The van der Waals surface area contributed by atoms with Crippen LogP contribution in [-0.4, -0.2) is 6.71 Å². The van der Waals surface area contributed by atoms with Crippen LogP contribution in [0.25, 0.3) is 43.9 Å². The molecule has 4 heterocycles. The number of hydrogen-bond acceptors (Lipinski definition) is 4. The van der Waals surface area contributed by atoms with Crippen LogP contribution >= 0.6 is 10.0 Å². The van der Waals surface area contributed by atoms with E-state index < -0.39 is 10.0 Å². The summed E-state index contributed by atoms with van der Waals surface area (Å²) in [6.07, 6.45) is 0. The van der Waals surface area contributed by atoms with Crippen molar-refractivity contribution in [3.8, 4) is 0 Å². The van der Waals surface area contributed by atoms with Crippen LogP contribution < -0.4 is 26.2 Å². The molecule has 0 spiro atoms. The number of furan rings is 2. The highest BCUT2D eigenvalue weighted by Gasteiger charge is 2.47. The average molecular weight is 863 g/mol. The molecule has 12 aromatic rings. The van der Waals surface area contributed by atoms with Gasteiger partial charge in [0.05, 0.1) is 11.4 Å². The van der Waals surface area contributed by atoms with Crippen molar-refractivity contribution >= 4 is 111 Å². The quantitative estimate of drug-likeness (QED) is 0.156. The van der Waals surface area contributed by atoms with E-state index in [0.717, 1.165) is 78.0 Å². The molecule has 4 nitrogen and oxygen atoms in total. The van der Waals surface area contributed by atoms with Gasteiger partial charge in [0.1, 0.15) is 11.2 Å². The van der Waals surface area contributed by atoms with Crippen LogP contribution in [0.5, 0.6) is 0 Å². The first kappa shape index (κ1) is 37.2. The van der Waals surface area contributed by atoms with Gasteiger partial charge in [0.2, 0.25) is 0 Å². The SMILES string of the molecule is c1ccc(N2c3cc(S(c4ccccc4)(c4ccccc4)c4ccccc4)cc4c3B(c3ccc5c(oc6ccccc65)c32)c2ccc3c(oc5ccccc53)c2N4c2ccccc2)cc1. The van der Waals surface area contributed by atoms with E-state index in [9.17, 15) is 0 Å². The van der Waals surface area contributed by atoms with E-state index in [0.29, 0.717) is 0 Å². The van der Waals surface area contributed by atoms with Crippen molar-refractivity contribution in [2.75, 3.05) is 9.80 Å². The second-order valence-electron chi connectivity index (χ2n) is 17.2. The molecule has 0 N–H and O–H groups in total. The van der Waals surface area contributed by atoms with E-state index in [1.807, 2.05) is 0 Å². The van der Waals surface area contributed by atoms with Gasteiger partial charge in [0, 0.05) is 63.9 Å². The highest BCUT2D eigenvalue weighted by molar-refractivity contribution is 8.34. The van der Waals surface area contributed by atoms with Crippen molar-refractivity contribution in [2.24, 2.45) is 0 Å². The molecule has 2 aromatic heterocycles. The smallest absolute Gasteiger partial charge is 0.252 e. The number of anilines is 6. The van der Waals surface area contributed by atoms with Gasteiger partial charge in [0.15, 0.2) is 11.2 Å². The minimum Gasteiger partial charge on any atom is -0.454 e. The molecule has 0 unspecified atom stereocenters. The molecule has 0 saturated carbocycles. The van der Waals surface area contributed by atoms with Gasteiger partial charge >= 0.3 is 0 Å². The fourth-order valence-corrected chi connectivity index (χ4v) is 15.0. The lowest BCUT2D eigenvalue weighted by molar-refractivity contribution is 0.669. The summed E-state index contributed by atoms with van der Waals surface area (Å²) in [6.45, 7) is -0.168. The van der Waals surface area contributed by atoms with E-state index in [1.54, 1.807) is 0 Å². The number of nitrogens with zero attached hydrogens (tertiary/aromatic N) is 2. The predicted molar refractivity (Wildman–Crippen MR) is 275 cm³/mol. The van der Waals surface area contributed by atoms with E-state index in [-0.39, 0.29) is 6.71 Å². The molecule has 2 aliphatic heterocycles. The number of rotatable bonds is 6. The Hall–Kier alpha value is -8.19. The highest BCUT2D eigenvalue weighted by atomic mass is 32.3. The van der Waals surface area contributed by atoms with Crippen LogP contribution in [0, 0.1) is 0 Å². The maximum absolute atomic E-state index is 7.09. The summed E-state index contributed by atoms with van der Waals surface area (Å²) in [6, 6.07) is 86.4. The van der Waals surface area contributed by atoms with Gasteiger partial charge in [-0.1, -0.05) is 152 Å². The fourth-order valence-electron chi connectivity index (χ4n) is 11.0. The molecule has 0 fully saturated rings. The fraction of sp³-hybridized carbons (Fsp3) is 0. The van der Waals surface area contributed by atoms with E-state index in [1.165, 1.54) is 36.0 Å². The monoisotopic (exact) mass is 862 g/mol. The number of hydrogen-bond donors (Lipinski definition) is 0. The van der Waals surface area contributed by atoms with Gasteiger partial charge < -0.3 is 18.6 Å². The Morgan fingerprint density at radius 1 is 0.333 bits per heavy atom. The van der Waals surface area contributed by atoms with Gasteiger partial charge in [-0.2, -0.15) is 0 Å². The van der Waals surface area contributed by atoms with Crippen molar-refractivity contribution in [1.82, 2.24) is 0 Å². The Bertz CT molecular complexity index is 3550. The standard InChI is InChI=1S/C60H39BN2O2S/c1-6-20-40(21-7-1)62-52-38-45(66(42-24-10-3-11-25-42,43-26-12-4-13-27-43)44-28-14-5-15-29-44)39-53-56(52)61(50-36-34-48-46-30-16-18-32-54(46)64-59(48)57(50)62)51-37-35-49-47-31-17-19-33-55(47)65-60(49)58(51)63(53)41-22-8-2-9-23-41/h1-39H. The third-order valence-corrected chi connectivity index (χ3v) is 17.6. The summed E-state index contributed by atoms with van der Waals surface area (Å²) in [7, 11) is -2.16. The molecular formula is C60H39BN2O2S. The average Bonchev–Trinajstić information content (AvgIpc) is 3.97. The number of benzene rings is 10. The highest BCUT2D eigenvalue weighted by Crippen LogP contribution is 2.74. The van der Waals surface area contributed by atoms with Crippen LogP contribution in [0.4, 0.5) is 34.1 Å². The molecule has 14 rings (SSSR count). The van der Waals surface area contributed by atoms with E-state index in [4.69, 9.17) is 8.83 Å².